The van der Waals surface area contributed by atoms with Crippen LogP contribution >= 0.6 is 34.9 Å². The molecule has 108 valence electrons. The highest BCUT2D eigenvalue weighted by atomic mass is 32.2. The lowest BCUT2D eigenvalue weighted by atomic mass is 10.0. The molecular formula is C15H15N3S3. The summed E-state index contributed by atoms with van der Waals surface area (Å²) in [5, 5.41) is 2.24. The first kappa shape index (κ1) is 13.8. The van der Waals surface area contributed by atoms with E-state index in [2.05, 4.69) is 36.1 Å². The predicted molar refractivity (Wildman–Crippen MR) is 93.6 cm³/mol. The third kappa shape index (κ3) is 2.24. The summed E-state index contributed by atoms with van der Waals surface area (Å²) in [4.78, 5) is 14.9. The highest BCUT2D eigenvalue weighted by Crippen LogP contribution is 2.41. The molecule has 0 aromatic carbocycles. The van der Waals surface area contributed by atoms with Gasteiger partial charge in [0.05, 0.1) is 10.2 Å². The molecule has 0 saturated carbocycles. The van der Waals surface area contributed by atoms with E-state index in [9.17, 15) is 0 Å². The van der Waals surface area contributed by atoms with Gasteiger partial charge in [0.2, 0.25) is 0 Å². The molecule has 0 bridgehead atoms. The molecule has 4 heterocycles. The Morgan fingerprint density at radius 2 is 2.14 bits per heavy atom. The van der Waals surface area contributed by atoms with E-state index in [0.29, 0.717) is 0 Å². The van der Waals surface area contributed by atoms with E-state index in [1.165, 1.54) is 21.3 Å². The number of thioether (sulfide) groups is 2. The number of thiophene rings is 1. The number of nitrogens with zero attached hydrogens (tertiary/aromatic N) is 3. The van der Waals surface area contributed by atoms with E-state index >= 15 is 0 Å². The monoisotopic (exact) mass is 333 g/mol. The minimum Gasteiger partial charge on any atom is -0.241 e. The Bertz CT molecular complexity index is 854. The Hall–Kier alpha value is -0.850. The zero-order chi connectivity index (χ0) is 14.6. The van der Waals surface area contributed by atoms with Crippen LogP contribution < -0.4 is 0 Å². The van der Waals surface area contributed by atoms with Gasteiger partial charge < -0.3 is 0 Å². The van der Waals surface area contributed by atoms with Crippen molar-refractivity contribution in [2.45, 2.75) is 35.8 Å². The standard InChI is InChI=1S/C15H15N3S3/c1-15(2)5-10-8(6-20-15)4-9-11-12(21-13(9)18-10)14(19-3)17-7-16-11/h4,7H,5-6H2,1-3H3. The molecule has 0 saturated heterocycles. The molecule has 0 amide bonds. The molecule has 0 N–H and O–H groups in total. The van der Waals surface area contributed by atoms with Gasteiger partial charge in [-0.2, -0.15) is 11.8 Å². The minimum atomic E-state index is 0.286. The summed E-state index contributed by atoms with van der Waals surface area (Å²) in [5.74, 6) is 1.04. The highest BCUT2D eigenvalue weighted by Gasteiger charge is 2.28. The Kier molecular flexibility index (Phi) is 3.17. The van der Waals surface area contributed by atoms with Crippen molar-refractivity contribution in [1.82, 2.24) is 15.0 Å². The van der Waals surface area contributed by atoms with E-state index < -0.39 is 0 Å². The second kappa shape index (κ2) is 4.83. The summed E-state index contributed by atoms with van der Waals surface area (Å²) < 4.78 is 1.45. The molecule has 6 heteroatoms. The lowest BCUT2D eigenvalue weighted by Crippen LogP contribution is -2.24. The predicted octanol–water partition coefficient (Wildman–Crippen LogP) is 4.53. The van der Waals surface area contributed by atoms with Crippen LogP contribution in [0.4, 0.5) is 0 Å². The molecule has 0 radical (unpaired) electrons. The smallest absolute Gasteiger partial charge is 0.126 e. The highest BCUT2D eigenvalue weighted by molar-refractivity contribution is 8.00. The van der Waals surface area contributed by atoms with Gasteiger partial charge in [-0.05, 0) is 17.9 Å². The third-order valence-corrected chi connectivity index (χ3v) is 7.09. The van der Waals surface area contributed by atoms with Crippen LogP contribution in [0.2, 0.25) is 0 Å². The molecule has 3 aromatic heterocycles. The lowest BCUT2D eigenvalue weighted by molar-refractivity contribution is 0.679. The summed E-state index contributed by atoms with van der Waals surface area (Å²) in [6.07, 6.45) is 4.76. The number of rotatable bonds is 1. The van der Waals surface area contributed by atoms with Crippen molar-refractivity contribution >= 4 is 55.3 Å². The molecule has 1 aliphatic rings. The van der Waals surface area contributed by atoms with Gasteiger partial charge in [0.15, 0.2) is 0 Å². The Morgan fingerprint density at radius 1 is 1.29 bits per heavy atom. The molecule has 0 atom stereocenters. The van der Waals surface area contributed by atoms with Crippen LogP contribution in [0.5, 0.6) is 0 Å². The van der Waals surface area contributed by atoms with E-state index in [0.717, 1.165) is 27.5 Å². The van der Waals surface area contributed by atoms with Crippen LogP contribution in [0.15, 0.2) is 17.4 Å². The van der Waals surface area contributed by atoms with Crippen molar-refractivity contribution in [3.63, 3.8) is 0 Å². The van der Waals surface area contributed by atoms with Crippen molar-refractivity contribution in [3.05, 3.63) is 23.7 Å². The quantitative estimate of drug-likeness (QED) is 0.483. The van der Waals surface area contributed by atoms with Gasteiger partial charge >= 0.3 is 0 Å². The fraction of sp³-hybridized carbons (Fsp3) is 0.400. The number of aromatic nitrogens is 3. The van der Waals surface area contributed by atoms with Crippen LogP contribution in [0.3, 0.4) is 0 Å². The van der Waals surface area contributed by atoms with Gasteiger partial charge in [0.1, 0.15) is 16.2 Å². The van der Waals surface area contributed by atoms with Crippen molar-refractivity contribution < 1.29 is 0 Å². The zero-order valence-electron chi connectivity index (χ0n) is 12.1. The first-order valence-electron chi connectivity index (χ1n) is 6.81. The molecule has 0 spiro atoms. The number of hydrogen-bond acceptors (Lipinski definition) is 6. The summed E-state index contributed by atoms with van der Waals surface area (Å²) in [5.41, 5.74) is 3.69. The number of pyridine rings is 1. The van der Waals surface area contributed by atoms with Crippen LogP contribution in [-0.2, 0) is 12.2 Å². The number of hydrogen-bond donors (Lipinski definition) is 0. The third-order valence-electron chi connectivity index (χ3n) is 3.79. The van der Waals surface area contributed by atoms with Crippen molar-refractivity contribution in [1.29, 1.82) is 0 Å². The van der Waals surface area contributed by atoms with Crippen LogP contribution in [0, 0.1) is 0 Å². The zero-order valence-corrected chi connectivity index (χ0v) is 14.6. The maximum atomic E-state index is 4.95. The van der Waals surface area contributed by atoms with E-state index in [1.54, 1.807) is 29.4 Å². The maximum absolute atomic E-state index is 4.95. The maximum Gasteiger partial charge on any atom is 0.126 e. The molecule has 3 aromatic rings. The summed E-state index contributed by atoms with van der Waals surface area (Å²) >= 11 is 5.41. The molecular weight excluding hydrogens is 318 g/mol. The molecule has 4 rings (SSSR count). The van der Waals surface area contributed by atoms with Gasteiger partial charge in [-0.3, -0.25) is 0 Å². The van der Waals surface area contributed by atoms with Crippen LogP contribution in [0.1, 0.15) is 25.1 Å². The molecule has 0 unspecified atom stereocenters. The molecule has 21 heavy (non-hydrogen) atoms. The fourth-order valence-corrected chi connectivity index (χ4v) is 5.57. The summed E-state index contributed by atoms with van der Waals surface area (Å²) in [6, 6.07) is 2.30. The molecule has 3 nitrogen and oxygen atoms in total. The second-order valence-corrected chi connectivity index (χ2v) is 9.31. The van der Waals surface area contributed by atoms with Gasteiger partial charge in [-0.25, -0.2) is 15.0 Å². The van der Waals surface area contributed by atoms with Crippen molar-refractivity contribution in [2.75, 3.05) is 6.26 Å². The van der Waals surface area contributed by atoms with E-state index in [4.69, 9.17) is 4.98 Å². The molecule has 1 aliphatic heterocycles. The van der Waals surface area contributed by atoms with Gasteiger partial charge in [-0.1, -0.05) is 13.8 Å². The van der Waals surface area contributed by atoms with Crippen molar-refractivity contribution in [2.24, 2.45) is 0 Å². The van der Waals surface area contributed by atoms with Crippen LogP contribution in [0.25, 0.3) is 20.4 Å². The summed E-state index contributed by atoms with van der Waals surface area (Å²) in [6.45, 7) is 4.60. The lowest BCUT2D eigenvalue weighted by Gasteiger charge is -2.29. The molecule has 0 fully saturated rings. The SMILES string of the molecule is CSc1ncnc2c1sc1nc3c(cc12)CSC(C)(C)C3. The fourth-order valence-electron chi connectivity index (χ4n) is 2.71. The van der Waals surface area contributed by atoms with Crippen molar-refractivity contribution in [3.8, 4) is 0 Å². The summed E-state index contributed by atoms with van der Waals surface area (Å²) in [7, 11) is 0. The minimum absolute atomic E-state index is 0.286. The topological polar surface area (TPSA) is 38.7 Å². The van der Waals surface area contributed by atoms with E-state index in [1.807, 2.05) is 11.8 Å². The largest absolute Gasteiger partial charge is 0.241 e. The second-order valence-electron chi connectivity index (χ2n) is 5.83. The van der Waals surface area contributed by atoms with Gasteiger partial charge in [0, 0.05) is 28.0 Å². The molecule has 0 aliphatic carbocycles. The van der Waals surface area contributed by atoms with Gasteiger partial charge in [0.25, 0.3) is 0 Å². The first-order chi connectivity index (χ1) is 10.1. The number of fused-ring (bicyclic) bond motifs is 4. The Labute approximate surface area is 136 Å². The Balaban J connectivity index is 2.00. The van der Waals surface area contributed by atoms with Crippen LogP contribution in [-0.4, -0.2) is 26.0 Å². The first-order valence-corrected chi connectivity index (χ1v) is 9.84. The van der Waals surface area contributed by atoms with Gasteiger partial charge in [-0.15, -0.1) is 23.1 Å². The Morgan fingerprint density at radius 3 is 2.95 bits per heavy atom. The average Bonchev–Trinajstić information content (AvgIpc) is 2.81. The average molecular weight is 334 g/mol. The normalized spacial score (nSPS) is 17.3. The van der Waals surface area contributed by atoms with E-state index in [-0.39, 0.29) is 4.75 Å².